The lowest BCUT2D eigenvalue weighted by atomic mass is 10.2. The number of thioether (sulfide) groups is 1. The quantitative estimate of drug-likeness (QED) is 0.592. The Morgan fingerprint density at radius 1 is 1.14 bits per heavy atom. The van der Waals surface area contributed by atoms with E-state index in [1.807, 2.05) is 54.6 Å². The molecule has 0 N–H and O–H groups in total. The summed E-state index contributed by atoms with van der Waals surface area (Å²) in [6.45, 7) is 0.498. The minimum Gasteiger partial charge on any atom is -0.288 e. The number of hydrogen-bond donors (Lipinski definition) is 0. The van der Waals surface area contributed by atoms with Crippen molar-refractivity contribution < 1.29 is 4.79 Å². The smallest absolute Gasteiger partial charge is 0.266 e. The van der Waals surface area contributed by atoms with Crippen LogP contribution in [0.2, 0.25) is 5.02 Å². The average Bonchev–Trinajstić information content (AvgIpc) is 2.76. The minimum atomic E-state index is -0.0566. The number of thiocarbonyl (C=S) groups is 1. The van der Waals surface area contributed by atoms with Crippen LogP contribution in [0.4, 0.5) is 0 Å². The Kier molecular flexibility index (Phi) is 4.62. The molecular formula is C17H12ClNOS2. The van der Waals surface area contributed by atoms with E-state index in [0.717, 1.165) is 11.1 Å². The van der Waals surface area contributed by atoms with Crippen molar-refractivity contribution in [2.45, 2.75) is 6.54 Å². The molecule has 1 saturated heterocycles. The second kappa shape index (κ2) is 6.65. The fourth-order valence-corrected chi connectivity index (χ4v) is 3.60. The number of benzene rings is 2. The summed E-state index contributed by atoms with van der Waals surface area (Å²) < 4.78 is 0.585. The Morgan fingerprint density at radius 3 is 2.64 bits per heavy atom. The number of halogens is 1. The zero-order valence-electron chi connectivity index (χ0n) is 11.5. The van der Waals surface area contributed by atoms with E-state index in [1.54, 1.807) is 11.0 Å². The Bertz CT molecular complexity index is 758. The molecule has 0 aromatic heterocycles. The van der Waals surface area contributed by atoms with Gasteiger partial charge in [-0.25, -0.2) is 0 Å². The number of nitrogens with zero attached hydrogens (tertiary/aromatic N) is 1. The van der Waals surface area contributed by atoms with Crippen molar-refractivity contribution in [1.82, 2.24) is 4.90 Å². The van der Waals surface area contributed by atoms with E-state index in [4.69, 9.17) is 23.8 Å². The van der Waals surface area contributed by atoms with Crippen molar-refractivity contribution in [2.75, 3.05) is 0 Å². The highest BCUT2D eigenvalue weighted by atomic mass is 35.5. The molecule has 1 amide bonds. The fourth-order valence-electron chi connectivity index (χ4n) is 2.15. The lowest BCUT2D eigenvalue weighted by molar-refractivity contribution is -0.122. The number of carbonyl (C=O) groups excluding carboxylic acids is 1. The molecule has 5 heteroatoms. The second-order valence-corrected chi connectivity index (χ2v) is 6.92. The van der Waals surface area contributed by atoms with Crippen LogP contribution in [0.15, 0.2) is 59.5 Å². The van der Waals surface area contributed by atoms with Crippen LogP contribution < -0.4 is 0 Å². The van der Waals surface area contributed by atoms with Gasteiger partial charge in [-0.05, 0) is 29.3 Å². The first-order chi connectivity index (χ1) is 10.6. The zero-order valence-corrected chi connectivity index (χ0v) is 13.9. The number of hydrogen-bond acceptors (Lipinski definition) is 3. The maximum Gasteiger partial charge on any atom is 0.266 e. The lowest BCUT2D eigenvalue weighted by Crippen LogP contribution is -2.27. The molecule has 1 aliphatic heterocycles. The number of amides is 1. The first-order valence-corrected chi connectivity index (χ1v) is 8.28. The van der Waals surface area contributed by atoms with Gasteiger partial charge in [0.15, 0.2) is 0 Å². The third-order valence-electron chi connectivity index (χ3n) is 3.20. The first kappa shape index (κ1) is 15.3. The van der Waals surface area contributed by atoms with Crippen LogP contribution in [0.1, 0.15) is 11.1 Å². The Labute approximate surface area is 143 Å². The Balaban J connectivity index is 1.82. The standard InChI is InChI=1S/C17H12ClNOS2/c18-14-8-4-7-13(9-14)10-15-16(20)19(17(21)22-15)11-12-5-2-1-3-6-12/h1-10H,11H2. The number of carbonyl (C=O) groups is 1. The van der Waals surface area contributed by atoms with Crippen LogP contribution in [-0.4, -0.2) is 15.1 Å². The molecule has 3 rings (SSSR count). The van der Waals surface area contributed by atoms with Gasteiger partial charge in [0.25, 0.3) is 5.91 Å². The van der Waals surface area contributed by atoms with Gasteiger partial charge >= 0.3 is 0 Å². The first-order valence-electron chi connectivity index (χ1n) is 6.68. The van der Waals surface area contributed by atoms with Crippen molar-refractivity contribution in [3.63, 3.8) is 0 Å². The SMILES string of the molecule is O=C1C(=Cc2cccc(Cl)c2)SC(=S)N1Cc1ccccc1. The van der Waals surface area contributed by atoms with E-state index in [-0.39, 0.29) is 5.91 Å². The summed E-state index contributed by atoms with van der Waals surface area (Å²) in [5.41, 5.74) is 1.95. The zero-order chi connectivity index (χ0) is 15.5. The average molecular weight is 346 g/mol. The molecular weight excluding hydrogens is 334 g/mol. The molecule has 1 fully saturated rings. The van der Waals surface area contributed by atoms with Crippen LogP contribution in [0, 0.1) is 0 Å². The predicted octanol–water partition coefficient (Wildman–Crippen LogP) is 4.74. The molecule has 2 aromatic rings. The summed E-state index contributed by atoms with van der Waals surface area (Å²) in [7, 11) is 0. The molecule has 0 atom stereocenters. The molecule has 0 unspecified atom stereocenters. The van der Waals surface area contributed by atoms with E-state index >= 15 is 0 Å². The van der Waals surface area contributed by atoms with Gasteiger partial charge in [0, 0.05) is 5.02 Å². The highest BCUT2D eigenvalue weighted by Crippen LogP contribution is 2.33. The van der Waals surface area contributed by atoms with Gasteiger partial charge in [-0.3, -0.25) is 9.69 Å². The van der Waals surface area contributed by atoms with Crippen molar-refractivity contribution in [2.24, 2.45) is 0 Å². The van der Waals surface area contributed by atoms with Crippen molar-refractivity contribution >= 4 is 51.9 Å². The van der Waals surface area contributed by atoms with E-state index in [1.165, 1.54) is 11.8 Å². The molecule has 0 radical (unpaired) electrons. The van der Waals surface area contributed by atoms with E-state index in [0.29, 0.717) is 20.8 Å². The van der Waals surface area contributed by atoms with Gasteiger partial charge in [-0.15, -0.1) is 0 Å². The topological polar surface area (TPSA) is 20.3 Å². The summed E-state index contributed by atoms with van der Waals surface area (Å²) in [5, 5.41) is 0.647. The van der Waals surface area contributed by atoms with Gasteiger partial charge in [0.05, 0.1) is 11.4 Å². The van der Waals surface area contributed by atoms with Gasteiger partial charge in [0.1, 0.15) is 4.32 Å². The summed E-state index contributed by atoms with van der Waals surface area (Å²) in [4.78, 5) is 14.8. The molecule has 1 aliphatic rings. The maximum absolute atomic E-state index is 12.5. The molecule has 110 valence electrons. The van der Waals surface area contributed by atoms with E-state index in [9.17, 15) is 4.79 Å². The van der Waals surface area contributed by atoms with Crippen LogP contribution in [0.25, 0.3) is 6.08 Å². The molecule has 0 saturated carbocycles. The summed E-state index contributed by atoms with van der Waals surface area (Å²) in [6, 6.07) is 17.2. The van der Waals surface area contributed by atoms with E-state index in [2.05, 4.69) is 0 Å². The van der Waals surface area contributed by atoms with Gasteiger partial charge in [-0.2, -0.15) is 0 Å². The largest absolute Gasteiger partial charge is 0.288 e. The third-order valence-corrected chi connectivity index (χ3v) is 4.82. The van der Waals surface area contributed by atoms with Crippen molar-refractivity contribution in [3.8, 4) is 0 Å². The van der Waals surface area contributed by atoms with Crippen LogP contribution in [0.3, 0.4) is 0 Å². The summed E-state index contributed by atoms with van der Waals surface area (Å²) in [6.07, 6.45) is 1.83. The van der Waals surface area contributed by atoms with Gasteiger partial charge in [-0.1, -0.05) is 78.0 Å². The Morgan fingerprint density at radius 2 is 1.91 bits per heavy atom. The highest BCUT2D eigenvalue weighted by molar-refractivity contribution is 8.26. The van der Waals surface area contributed by atoms with Crippen LogP contribution in [0.5, 0.6) is 0 Å². The molecule has 2 nitrogen and oxygen atoms in total. The monoisotopic (exact) mass is 345 g/mol. The molecule has 22 heavy (non-hydrogen) atoms. The lowest BCUT2D eigenvalue weighted by Gasteiger charge is -2.14. The Hall–Kier alpha value is -1.62. The molecule has 0 aliphatic carbocycles. The van der Waals surface area contributed by atoms with Gasteiger partial charge in [0.2, 0.25) is 0 Å². The predicted molar refractivity (Wildman–Crippen MR) is 96.6 cm³/mol. The molecule has 2 aromatic carbocycles. The molecule has 1 heterocycles. The van der Waals surface area contributed by atoms with Crippen LogP contribution in [-0.2, 0) is 11.3 Å². The molecule has 0 bridgehead atoms. The maximum atomic E-state index is 12.5. The summed E-state index contributed by atoms with van der Waals surface area (Å²) >= 11 is 12.6. The third kappa shape index (κ3) is 3.40. The second-order valence-electron chi connectivity index (χ2n) is 4.81. The van der Waals surface area contributed by atoms with Crippen LogP contribution >= 0.6 is 35.6 Å². The summed E-state index contributed by atoms with van der Waals surface area (Å²) in [5.74, 6) is -0.0566. The van der Waals surface area contributed by atoms with Crippen molar-refractivity contribution in [3.05, 3.63) is 75.7 Å². The number of rotatable bonds is 3. The van der Waals surface area contributed by atoms with E-state index < -0.39 is 0 Å². The van der Waals surface area contributed by atoms with Gasteiger partial charge < -0.3 is 0 Å². The molecule has 0 spiro atoms. The fraction of sp³-hybridized carbons (Fsp3) is 0.0588. The van der Waals surface area contributed by atoms with Crippen molar-refractivity contribution in [1.29, 1.82) is 0 Å². The normalized spacial score (nSPS) is 16.6. The highest BCUT2D eigenvalue weighted by Gasteiger charge is 2.31. The minimum absolute atomic E-state index is 0.0566.